The Balaban J connectivity index is 2.98. The predicted octanol–water partition coefficient (Wildman–Crippen LogP) is 2.66. The molecule has 0 aliphatic heterocycles. The lowest BCUT2D eigenvalue weighted by Crippen LogP contribution is -2.02. The zero-order valence-electron chi connectivity index (χ0n) is 9.72. The Hall–Kier alpha value is -1.42. The summed E-state index contributed by atoms with van der Waals surface area (Å²) in [4.78, 5) is 10.7. The third-order valence-corrected chi connectivity index (χ3v) is 2.55. The van der Waals surface area contributed by atoms with Gasteiger partial charge in [-0.15, -0.1) is 0 Å². The molecule has 0 aromatic heterocycles. The summed E-state index contributed by atoms with van der Waals surface area (Å²) in [5.41, 5.74) is 1.67. The van der Waals surface area contributed by atoms with E-state index in [1.807, 2.05) is 18.2 Å². The van der Waals surface area contributed by atoms with Gasteiger partial charge in [-0.2, -0.15) is 12.6 Å². The van der Waals surface area contributed by atoms with Crippen LogP contribution in [0.5, 0.6) is 5.75 Å². The van der Waals surface area contributed by atoms with Crippen LogP contribution >= 0.6 is 12.6 Å². The molecule has 0 unspecified atom stereocenters. The van der Waals surface area contributed by atoms with Crippen molar-refractivity contribution in [3.63, 3.8) is 0 Å². The number of methoxy groups -OCH3 is 1. The van der Waals surface area contributed by atoms with Gasteiger partial charge in [0.15, 0.2) is 0 Å². The molecule has 1 N–H and O–H groups in total. The van der Waals surface area contributed by atoms with E-state index in [4.69, 9.17) is 9.84 Å². The lowest BCUT2D eigenvalue weighted by molar-refractivity contribution is -0.136. The number of benzene rings is 1. The quantitative estimate of drug-likeness (QED) is 0.765. The first kappa shape index (κ1) is 13.6. The van der Waals surface area contributed by atoms with Crippen LogP contribution in [0.25, 0.3) is 6.08 Å². The molecule has 0 amide bonds. The maximum absolute atomic E-state index is 10.7. The molecule has 0 atom stereocenters. The number of hydrogen-bond acceptors (Lipinski definition) is 3. The molecule has 1 aromatic rings. The maximum Gasteiger partial charge on any atom is 0.307 e. The van der Waals surface area contributed by atoms with E-state index in [0.29, 0.717) is 0 Å². The summed E-state index contributed by atoms with van der Waals surface area (Å²) in [6.45, 7) is 0. The van der Waals surface area contributed by atoms with Gasteiger partial charge in [-0.05, 0) is 35.4 Å². The zero-order chi connectivity index (χ0) is 12.7. The Morgan fingerprint density at radius 3 is 2.88 bits per heavy atom. The van der Waals surface area contributed by atoms with Crippen LogP contribution in [0.1, 0.15) is 17.5 Å². The van der Waals surface area contributed by atoms with Gasteiger partial charge in [0.25, 0.3) is 0 Å². The van der Waals surface area contributed by atoms with Crippen molar-refractivity contribution in [3.8, 4) is 5.75 Å². The molecule has 92 valence electrons. The standard InChI is InChI=1S/C13H16O3S/c1-16-12-6-5-11(9-13(14)15)10(8-12)4-2-3-7-17/h2,4-6,8,17H,3,7,9H2,1H3,(H,14,15). The topological polar surface area (TPSA) is 46.5 Å². The van der Waals surface area contributed by atoms with E-state index in [0.717, 1.165) is 29.1 Å². The van der Waals surface area contributed by atoms with Crippen LogP contribution < -0.4 is 4.74 Å². The fourth-order valence-electron chi connectivity index (χ4n) is 1.46. The van der Waals surface area contributed by atoms with E-state index in [-0.39, 0.29) is 6.42 Å². The van der Waals surface area contributed by atoms with E-state index in [2.05, 4.69) is 12.6 Å². The van der Waals surface area contributed by atoms with Crippen molar-refractivity contribution in [2.45, 2.75) is 12.8 Å². The highest BCUT2D eigenvalue weighted by Gasteiger charge is 2.06. The molecule has 1 aromatic carbocycles. The highest BCUT2D eigenvalue weighted by molar-refractivity contribution is 7.80. The SMILES string of the molecule is COc1ccc(CC(=O)O)c(C=CCCS)c1. The molecule has 0 radical (unpaired) electrons. The molecule has 0 spiro atoms. The Morgan fingerprint density at radius 2 is 2.29 bits per heavy atom. The molecule has 0 aliphatic rings. The monoisotopic (exact) mass is 252 g/mol. The molecule has 3 nitrogen and oxygen atoms in total. The molecular weight excluding hydrogens is 236 g/mol. The second-order valence-electron chi connectivity index (χ2n) is 3.55. The minimum atomic E-state index is -0.834. The van der Waals surface area contributed by atoms with Crippen molar-refractivity contribution >= 4 is 24.7 Å². The predicted molar refractivity (Wildman–Crippen MR) is 71.8 cm³/mol. The van der Waals surface area contributed by atoms with Crippen molar-refractivity contribution < 1.29 is 14.6 Å². The number of carboxylic acids is 1. The summed E-state index contributed by atoms with van der Waals surface area (Å²) in [6.07, 6.45) is 4.77. The van der Waals surface area contributed by atoms with Gasteiger partial charge >= 0.3 is 5.97 Å². The normalized spacial score (nSPS) is 10.7. The zero-order valence-corrected chi connectivity index (χ0v) is 10.6. The third-order valence-electron chi connectivity index (χ3n) is 2.29. The summed E-state index contributed by atoms with van der Waals surface area (Å²) in [6, 6.07) is 5.40. The highest BCUT2D eigenvalue weighted by atomic mass is 32.1. The molecule has 0 fully saturated rings. The van der Waals surface area contributed by atoms with Gasteiger partial charge in [-0.1, -0.05) is 18.2 Å². The van der Waals surface area contributed by atoms with Gasteiger partial charge in [0.2, 0.25) is 0 Å². The fraction of sp³-hybridized carbons (Fsp3) is 0.308. The molecule has 0 bridgehead atoms. The number of carbonyl (C=O) groups is 1. The minimum absolute atomic E-state index is 0.0184. The van der Waals surface area contributed by atoms with E-state index in [1.54, 1.807) is 19.2 Å². The summed E-state index contributed by atoms with van der Waals surface area (Å²) >= 11 is 4.12. The van der Waals surface area contributed by atoms with Crippen molar-refractivity contribution in [2.24, 2.45) is 0 Å². The molecule has 17 heavy (non-hydrogen) atoms. The number of allylic oxidation sites excluding steroid dienone is 1. The van der Waals surface area contributed by atoms with Crippen LogP contribution in [0, 0.1) is 0 Å². The van der Waals surface area contributed by atoms with Crippen molar-refractivity contribution in [3.05, 3.63) is 35.4 Å². The van der Waals surface area contributed by atoms with Gasteiger partial charge in [0.1, 0.15) is 5.75 Å². The first-order valence-electron chi connectivity index (χ1n) is 5.33. The second kappa shape index (κ2) is 7.01. The molecule has 0 aliphatic carbocycles. The Morgan fingerprint density at radius 1 is 1.53 bits per heavy atom. The van der Waals surface area contributed by atoms with Crippen molar-refractivity contribution in [1.29, 1.82) is 0 Å². The second-order valence-corrected chi connectivity index (χ2v) is 4.00. The van der Waals surface area contributed by atoms with Gasteiger partial charge < -0.3 is 9.84 Å². The number of aliphatic carboxylic acids is 1. The van der Waals surface area contributed by atoms with E-state index in [9.17, 15) is 4.79 Å². The van der Waals surface area contributed by atoms with E-state index >= 15 is 0 Å². The Bertz CT molecular complexity index is 413. The van der Waals surface area contributed by atoms with Crippen LogP contribution in [-0.4, -0.2) is 23.9 Å². The number of thiol groups is 1. The van der Waals surface area contributed by atoms with Crippen LogP contribution in [0.4, 0.5) is 0 Å². The molecular formula is C13H16O3S. The summed E-state index contributed by atoms with van der Waals surface area (Å²) in [5, 5.41) is 8.82. The van der Waals surface area contributed by atoms with Crippen LogP contribution in [-0.2, 0) is 11.2 Å². The number of carboxylic acid groups (broad SMARTS) is 1. The highest BCUT2D eigenvalue weighted by Crippen LogP contribution is 2.20. The van der Waals surface area contributed by atoms with E-state index < -0.39 is 5.97 Å². The van der Waals surface area contributed by atoms with Gasteiger partial charge in [-0.3, -0.25) is 4.79 Å². The first-order chi connectivity index (χ1) is 8.17. The maximum atomic E-state index is 10.7. The smallest absolute Gasteiger partial charge is 0.307 e. The van der Waals surface area contributed by atoms with Gasteiger partial charge in [-0.25, -0.2) is 0 Å². The van der Waals surface area contributed by atoms with E-state index in [1.165, 1.54) is 0 Å². The number of hydrogen-bond donors (Lipinski definition) is 2. The summed E-state index contributed by atoms with van der Waals surface area (Å²) in [7, 11) is 1.59. The van der Waals surface area contributed by atoms with Crippen molar-refractivity contribution in [1.82, 2.24) is 0 Å². The largest absolute Gasteiger partial charge is 0.497 e. The molecule has 1 rings (SSSR count). The average Bonchev–Trinajstić information content (AvgIpc) is 2.30. The van der Waals surface area contributed by atoms with Gasteiger partial charge in [0.05, 0.1) is 13.5 Å². The average molecular weight is 252 g/mol. The van der Waals surface area contributed by atoms with Crippen LogP contribution in [0.15, 0.2) is 24.3 Å². The lowest BCUT2D eigenvalue weighted by Gasteiger charge is -2.06. The first-order valence-corrected chi connectivity index (χ1v) is 5.96. The molecule has 0 heterocycles. The van der Waals surface area contributed by atoms with Crippen LogP contribution in [0.2, 0.25) is 0 Å². The summed E-state index contributed by atoms with van der Waals surface area (Å²) < 4.78 is 5.12. The fourth-order valence-corrected chi connectivity index (χ4v) is 1.61. The lowest BCUT2D eigenvalue weighted by atomic mass is 10.0. The summed E-state index contributed by atoms with van der Waals surface area (Å²) in [5.74, 6) is 0.665. The molecule has 4 heteroatoms. The third kappa shape index (κ3) is 4.53. The van der Waals surface area contributed by atoms with Crippen LogP contribution in [0.3, 0.4) is 0 Å². The van der Waals surface area contributed by atoms with Gasteiger partial charge in [0, 0.05) is 0 Å². The number of rotatable bonds is 6. The Kier molecular flexibility index (Phi) is 5.63. The molecule has 0 saturated heterocycles. The molecule has 0 saturated carbocycles. The van der Waals surface area contributed by atoms with Crippen molar-refractivity contribution in [2.75, 3.05) is 12.9 Å². The number of ether oxygens (including phenoxy) is 1. The minimum Gasteiger partial charge on any atom is -0.497 e. The Labute approximate surface area is 107 Å².